The predicted molar refractivity (Wildman–Crippen MR) is 104 cm³/mol. The molecular formula is C20H30N4O3. The lowest BCUT2D eigenvalue weighted by Crippen LogP contribution is -2.49. The molecule has 1 aromatic rings. The van der Waals surface area contributed by atoms with Gasteiger partial charge in [0.2, 0.25) is 11.8 Å². The Kier molecular flexibility index (Phi) is 7.20. The largest absolute Gasteiger partial charge is 0.379 e. The maximum absolute atomic E-state index is 12.2. The molecule has 7 nitrogen and oxygen atoms in total. The lowest BCUT2D eigenvalue weighted by Gasteiger charge is -2.31. The van der Waals surface area contributed by atoms with Gasteiger partial charge in [0.1, 0.15) is 0 Å². The molecule has 2 amide bonds. The van der Waals surface area contributed by atoms with Crippen LogP contribution in [-0.4, -0.2) is 62.7 Å². The second-order valence-corrected chi connectivity index (χ2v) is 7.38. The van der Waals surface area contributed by atoms with Crippen molar-refractivity contribution in [2.24, 2.45) is 11.8 Å². The third-order valence-corrected chi connectivity index (χ3v) is 5.37. The number of morpholine rings is 1. The highest BCUT2D eigenvalue weighted by atomic mass is 16.5. The number of hydrogen-bond donors (Lipinski definition) is 3. The maximum atomic E-state index is 12.2. The summed E-state index contributed by atoms with van der Waals surface area (Å²) >= 11 is 0. The second kappa shape index (κ2) is 9.82. The zero-order chi connectivity index (χ0) is 19.1. The van der Waals surface area contributed by atoms with Gasteiger partial charge in [0.15, 0.2) is 0 Å². The normalized spacial score (nSPS) is 19.1. The Morgan fingerprint density at radius 3 is 2.78 bits per heavy atom. The summed E-state index contributed by atoms with van der Waals surface area (Å²) in [6.45, 7) is 8.29. The van der Waals surface area contributed by atoms with Gasteiger partial charge in [-0.1, -0.05) is 19.1 Å². The fourth-order valence-electron chi connectivity index (χ4n) is 3.30. The SMILES string of the molecule is CC(C(=O)NCc1cccc(NC(=O)CCN2CCOCC2)c1)C1CNC1. The van der Waals surface area contributed by atoms with Crippen molar-refractivity contribution in [1.29, 1.82) is 0 Å². The van der Waals surface area contributed by atoms with Crippen LogP contribution in [0, 0.1) is 11.8 Å². The Morgan fingerprint density at radius 1 is 1.30 bits per heavy atom. The van der Waals surface area contributed by atoms with Crippen molar-refractivity contribution in [3.8, 4) is 0 Å². The monoisotopic (exact) mass is 374 g/mol. The Bertz CT molecular complexity index is 642. The van der Waals surface area contributed by atoms with Crippen LogP contribution in [0.4, 0.5) is 5.69 Å². The minimum absolute atomic E-state index is 0.00813. The standard InChI is InChI=1S/C20H30N4O3/c1-15(17-13-21-14-17)20(26)22-12-16-3-2-4-18(11-16)23-19(25)5-6-24-7-9-27-10-8-24/h2-4,11,15,17,21H,5-10,12-14H2,1H3,(H,22,26)(H,23,25). The summed E-state index contributed by atoms with van der Waals surface area (Å²) in [7, 11) is 0. The lowest BCUT2D eigenvalue weighted by atomic mass is 9.88. The Hall–Kier alpha value is -1.96. The molecule has 2 aliphatic rings. The molecule has 3 N–H and O–H groups in total. The third-order valence-electron chi connectivity index (χ3n) is 5.37. The van der Waals surface area contributed by atoms with E-state index in [-0.39, 0.29) is 17.7 Å². The Balaban J connectivity index is 1.42. The van der Waals surface area contributed by atoms with Gasteiger partial charge in [-0.05, 0) is 36.7 Å². The van der Waals surface area contributed by atoms with E-state index in [1.165, 1.54) is 0 Å². The van der Waals surface area contributed by atoms with Crippen LogP contribution in [0.3, 0.4) is 0 Å². The number of carbonyl (C=O) groups excluding carboxylic acids is 2. The van der Waals surface area contributed by atoms with Gasteiger partial charge in [0.25, 0.3) is 0 Å². The minimum Gasteiger partial charge on any atom is -0.379 e. The molecule has 0 radical (unpaired) electrons. The lowest BCUT2D eigenvalue weighted by molar-refractivity contribution is -0.126. The van der Waals surface area contributed by atoms with E-state index in [9.17, 15) is 9.59 Å². The van der Waals surface area contributed by atoms with Crippen LogP contribution < -0.4 is 16.0 Å². The molecule has 3 rings (SSSR count). The van der Waals surface area contributed by atoms with Crippen molar-refractivity contribution >= 4 is 17.5 Å². The summed E-state index contributed by atoms with van der Waals surface area (Å²) in [4.78, 5) is 26.7. The summed E-state index contributed by atoms with van der Waals surface area (Å²) in [6, 6.07) is 7.65. The van der Waals surface area contributed by atoms with E-state index in [1.54, 1.807) is 0 Å². The summed E-state index contributed by atoms with van der Waals surface area (Å²) in [6.07, 6.45) is 0.466. The molecule has 0 aromatic heterocycles. The number of ether oxygens (including phenoxy) is 1. The van der Waals surface area contributed by atoms with Gasteiger partial charge in [-0.3, -0.25) is 14.5 Å². The molecule has 0 spiro atoms. The Morgan fingerprint density at radius 2 is 2.07 bits per heavy atom. The number of anilines is 1. The molecule has 2 fully saturated rings. The first-order valence-corrected chi connectivity index (χ1v) is 9.79. The van der Waals surface area contributed by atoms with Gasteiger partial charge in [0, 0.05) is 44.2 Å². The number of nitrogens with one attached hydrogen (secondary N) is 3. The minimum atomic E-state index is 0.00813. The first-order valence-electron chi connectivity index (χ1n) is 9.79. The fourth-order valence-corrected chi connectivity index (χ4v) is 3.30. The molecule has 1 unspecified atom stereocenters. The molecule has 27 heavy (non-hydrogen) atoms. The summed E-state index contributed by atoms with van der Waals surface area (Å²) in [5, 5.41) is 9.15. The van der Waals surface area contributed by atoms with E-state index in [0.717, 1.165) is 57.2 Å². The van der Waals surface area contributed by atoms with Crippen LogP contribution in [-0.2, 0) is 20.9 Å². The van der Waals surface area contributed by atoms with Crippen LogP contribution in [0.15, 0.2) is 24.3 Å². The van der Waals surface area contributed by atoms with Crippen LogP contribution in [0.5, 0.6) is 0 Å². The van der Waals surface area contributed by atoms with Crippen LogP contribution in [0.1, 0.15) is 18.9 Å². The first kappa shape index (κ1) is 19.8. The van der Waals surface area contributed by atoms with E-state index >= 15 is 0 Å². The molecule has 1 aromatic carbocycles. The summed E-state index contributed by atoms with van der Waals surface area (Å²) < 4.78 is 5.32. The molecule has 148 valence electrons. The van der Waals surface area contributed by atoms with Crippen LogP contribution in [0.2, 0.25) is 0 Å². The van der Waals surface area contributed by atoms with Gasteiger partial charge in [-0.25, -0.2) is 0 Å². The van der Waals surface area contributed by atoms with E-state index < -0.39 is 0 Å². The average molecular weight is 374 g/mol. The fraction of sp³-hybridized carbons (Fsp3) is 0.600. The van der Waals surface area contributed by atoms with Crippen molar-refractivity contribution < 1.29 is 14.3 Å². The molecule has 0 saturated carbocycles. The van der Waals surface area contributed by atoms with Gasteiger partial charge >= 0.3 is 0 Å². The van der Waals surface area contributed by atoms with Gasteiger partial charge in [-0.2, -0.15) is 0 Å². The maximum Gasteiger partial charge on any atom is 0.225 e. The van der Waals surface area contributed by atoms with Crippen molar-refractivity contribution in [1.82, 2.24) is 15.5 Å². The smallest absolute Gasteiger partial charge is 0.225 e. The molecule has 2 saturated heterocycles. The van der Waals surface area contributed by atoms with Crippen molar-refractivity contribution in [3.05, 3.63) is 29.8 Å². The predicted octanol–water partition coefficient (Wildman–Crippen LogP) is 0.819. The quantitative estimate of drug-likeness (QED) is 0.628. The zero-order valence-electron chi connectivity index (χ0n) is 16.0. The van der Waals surface area contributed by atoms with E-state index in [0.29, 0.717) is 18.9 Å². The van der Waals surface area contributed by atoms with Gasteiger partial charge in [-0.15, -0.1) is 0 Å². The topological polar surface area (TPSA) is 82.7 Å². The molecule has 2 aliphatic heterocycles. The van der Waals surface area contributed by atoms with Gasteiger partial charge in [0.05, 0.1) is 13.2 Å². The summed E-state index contributed by atoms with van der Waals surface area (Å²) in [5.41, 5.74) is 1.75. The van der Waals surface area contributed by atoms with E-state index in [4.69, 9.17) is 4.74 Å². The van der Waals surface area contributed by atoms with E-state index in [1.807, 2.05) is 31.2 Å². The average Bonchev–Trinajstić information content (AvgIpc) is 2.64. The highest BCUT2D eigenvalue weighted by molar-refractivity contribution is 5.90. The zero-order valence-corrected chi connectivity index (χ0v) is 16.0. The highest BCUT2D eigenvalue weighted by Gasteiger charge is 2.28. The Labute approximate surface area is 160 Å². The number of amides is 2. The van der Waals surface area contributed by atoms with E-state index in [2.05, 4.69) is 20.9 Å². The molecule has 7 heteroatoms. The van der Waals surface area contributed by atoms with Crippen molar-refractivity contribution in [2.75, 3.05) is 51.3 Å². The van der Waals surface area contributed by atoms with Crippen LogP contribution in [0.25, 0.3) is 0 Å². The number of benzene rings is 1. The highest BCUT2D eigenvalue weighted by Crippen LogP contribution is 2.16. The number of nitrogens with zero attached hydrogens (tertiary/aromatic N) is 1. The molecular weight excluding hydrogens is 344 g/mol. The second-order valence-electron chi connectivity index (χ2n) is 7.38. The summed E-state index contributed by atoms with van der Waals surface area (Å²) in [5.74, 6) is 0.548. The van der Waals surface area contributed by atoms with Crippen LogP contribution >= 0.6 is 0 Å². The molecule has 1 atom stereocenters. The number of rotatable bonds is 8. The molecule has 0 bridgehead atoms. The van der Waals surface area contributed by atoms with Crippen molar-refractivity contribution in [2.45, 2.75) is 19.9 Å². The van der Waals surface area contributed by atoms with Gasteiger partial charge < -0.3 is 20.7 Å². The number of hydrogen-bond acceptors (Lipinski definition) is 5. The van der Waals surface area contributed by atoms with Crippen molar-refractivity contribution in [3.63, 3.8) is 0 Å². The molecule has 0 aliphatic carbocycles. The third kappa shape index (κ3) is 6.02. The molecule has 2 heterocycles. The first-order chi connectivity index (χ1) is 13.1. The number of carbonyl (C=O) groups is 2.